The van der Waals surface area contributed by atoms with Crippen LogP contribution in [-0.2, 0) is 0 Å². The highest BCUT2D eigenvalue weighted by Crippen LogP contribution is 2.45. The van der Waals surface area contributed by atoms with Crippen molar-refractivity contribution in [1.29, 1.82) is 0 Å². The maximum atomic E-state index is 6.32. The van der Waals surface area contributed by atoms with E-state index in [-0.39, 0.29) is 0 Å². The molecule has 0 radical (unpaired) electrons. The van der Waals surface area contributed by atoms with Crippen molar-refractivity contribution in [2.45, 2.75) is 0 Å². The third-order valence-electron chi connectivity index (χ3n) is 10.5. The topological polar surface area (TPSA) is 48.3 Å². The normalized spacial score (nSPS) is 12.5. The van der Waals surface area contributed by atoms with E-state index in [1.807, 2.05) is 18.2 Å². The van der Waals surface area contributed by atoms with Crippen molar-refractivity contribution in [2.24, 2.45) is 0 Å². The van der Waals surface area contributed by atoms with E-state index in [9.17, 15) is 0 Å². The van der Waals surface area contributed by atoms with Crippen LogP contribution in [0.2, 0.25) is 0 Å². The van der Waals surface area contributed by atoms with E-state index in [0.29, 0.717) is 5.95 Å². The van der Waals surface area contributed by atoms with Crippen LogP contribution in [0.3, 0.4) is 0 Å². The van der Waals surface area contributed by atoms with Gasteiger partial charge < -0.3 is 8.82 Å². The fourth-order valence-electron chi connectivity index (χ4n) is 8.44. The molecule has 5 heterocycles. The van der Waals surface area contributed by atoms with Gasteiger partial charge in [0.1, 0.15) is 11.2 Å². The molecule has 7 aromatic carbocycles. The lowest BCUT2D eigenvalue weighted by Crippen LogP contribution is -2.03. The van der Waals surface area contributed by atoms with Gasteiger partial charge >= 0.3 is 0 Å². The van der Waals surface area contributed by atoms with Gasteiger partial charge in [0, 0.05) is 48.7 Å². The maximum absolute atomic E-state index is 6.32. The van der Waals surface area contributed by atoms with Crippen LogP contribution in [0.4, 0.5) is 0 Å². The Hall–Kier alpha value is -6.72. The summed E-state index contributed by atoms with van der Waals surface area (Å²) in [5, 5.41) is 10.6. The minimum Gasteiger partial charge on any atom is -0.456 e. The first-order valence-corrected chi connectivity index (χ1v) is 16.6. The van der Waals surface area contributed by atoms with Crippen molar-refractivity contribution in [1.82, 2.24) is 18.9 Å². The molecule has 0 saturated carbocycles. The van der Waals surface area contributed by atoms with Gasteiger partial charge in [-0.25, -0.2) is 9.97 Å². The first-order valence-electron chi connectivity index (χ1n) is 16.6. The second kappa shape index (κ2) is 9.00. The summed E-state index contributed by atoms with van der Waals surface area (Å²) in [5.74, 6) is 0.645. The molecule has 0 bridgehead atoms. The van der Waals surface area contributed by atoms with Crippen LogP contribution in [0.25, 0.3) is 110 Å². The molecule has 49 heavy (non-hydrogen) atoms. The number of hydrogen-bond acceptors (Lipinski definition) is 3. The van der Waals surface area contributed by atoms with Crippen molar-refractivity contribution in [3.05, 3.63) is 146 Å². The number of hydrogen-bond donors (Lipinski definition) is 0. The summed E-state index contributed by atoms with van der Waals surface area (Å²) in [5.41, 5.74) is 10.3. The van der Waals surface area contributed by atoms with Crippen molar-refractivity contribution in [3.8, 4) is 17.2 Å². The third kappa shape index (κ3) is 3.19. The van der Waals surface area contributed by atoms with Crippen LogP contribution in [0, 0.1) is 0 Å². The van der Waals surface area contributed by atoms with Gasteiger partial charge in [-0.3, -0.25) is 4.57 Å². The van der Waals surface area contributed by atoms with Gasteiger partial charge in [0.15, 0.2) is 0 Å². The Bertz CT molecular complexity index is 3340. The van der Waals surface area contributed by atoms with Crippen molar-refractivity contribution in [2.75, 3.05) is 0 Å². The molecule has 0 aliphatic rings. The van der Waals surface area contributed by atoms with Gasteiger partial charge in [-0.05, 0) is 53.9 Å². The second-order valence-electron chi connectivity index (χ2n) is 13.0. The van der Waals surface area contributed by atoms with Crippen molar-refractivity contribution in [3.63, 3.8) is 0 Å². The number of nitrogens with zero attached hydrogens (tertiary/aromatic N) is 4. The van der Waals surface area contributed by atoms with Crippen molar-refractivity contribution >= 4 is 92.7 Å². The quantitative estimate of drug-likeness (QED) is 0.192. The summed E-state index contributed by atoms with van der Waals surface area (Å²) < 4.78 is 11.0. The van der Waals surface area contributed by atoms with Gasteiger partial charge in [-0.1, -0.05) is 97.1 Å². The first kappa shape index (κ1) is 25.4. The van der Waals surface area contributed by atoms with E-state index in [1.165, 1.54) is 48.9 Å². The fraction of sp³-hybridized carbons (Fsp3) is 0. The Balaban J connectivity index is 1.24. The molecular weight excluding hydrogens is 601 g/mol. The summed E-state index contributed by atoms with van der Waals surface area (Å²) in [6.07, 6.45) is 0. The van der Waals surface area contributed by atoms with Crippen LogP contribution >= 0.6 is 0 Å². The summed E-state index contributed by atoms with van der Waals surface area (Å²) in [7, 11) is 0. The monoisotopic (exact) mass is 624 g/mol. The molecule has 0 aliphatic heterocycles. The standard InChI is InChI=1S/C44H24N4O/c1-5-15-33-32(13-1)42(25-20-21-29-28-12-4-8-19-38(28)49-39(29)24-25)46-44(45-33)48-36-18-9-14-30-26-10-2-6-16-34(26)47-35-17-7-3-11-27(35)31-22-23-37(48)41(40(30)36)43(31)47/h1-24H. The lowest BCUT2D eigenvalue weighted by atomic mass is 10.0. The van der Waals surface area contributed by atoms with E-state index >= 15 is 0 Å². The molecule has 0 fully saturated rings. The number of rotatable bonds is 2. The zero-order valence-corrected chi connectivity index (χ0v) is 26.1. The molecule has 0 spiro atoms. The zero-order chi connectivity index (χ0) is 31.8. The van der Waals surface area contributed by atoms with Crippen molar-refractivity contribution < 1.29 is 4.42 Å². The summed E-state index contributed by atoms with van der Waals surface area (Å²) >= 11 is 0. The average molecular weight is 625 g/mol. The van der Waals surface area contributed by atoms with E-state index < -0.39 is 0 Å². The fourth-order valence-corrected chi connectivity index (χ4v) is 8.44. The SMILES string of the molecule is c1ccc2c(-c3ccc4c(c3)oc3ccccc34)nc(-n3c4cccc5c6ccccc6n6c7ccccc7c7ccc3c(c54)c76)nc2c1. The molecule has 0 unspecified atom stereocenters. The molecule has 12 rings (SSSR count). The predicted octanol–water partition coefficient (Wildman–Crippen LogP) is 11.4. The Morgan fingerprint density at radius 2 is 1.06 bits per heavy atom. The number of furan rings is 1. The Morgan fingerprint density at radius 1 is 0.429 bits per heavy atom. The minimum atomic E-state index is 0.645. The Morgan fingerprint density at radius 3 is 1.92 bits per heavy atom. The van der Waals surface area contributed by atoms with Gasteiger partial charge in [0.2, 0.25) is 5.95 Å². The van der Waals surface area contributed by atoms with Gasteiger partial charge in [0.25, 0.3) is 0 Å². The second-order valence-corrected chi connectivity index (χ2v) is 13.0. The molecule has 0 atom stereocenters. The lowest BCUT2D eigenvalue weighted by molar-refractivity contribution is 0.669. The summed E-state index contributed by atoms with van der Waals surface area (Å²) in [6, 6.07) is 51.6. The molecule has 0 saturated heterocycles. The van der Waals surface area contributed by atoms with Crippen LogP contribution < -0.4 is 0 Å². The number of fused-ring (bicyclic) bond motifs is 10. The molecule has 5 aromatic heterocycles. The highest BCUT2D eigenvalue weighted by atomic mass is 16.3. The van der Waals surface area contributed by atoms with E-state index in [4.69, 9.17) is 14.4 Å². The van der Waals surface area contributed by atoms with E-state index in [1.54, 1.807) is 0 Å². The number of aromatic nitrogens is 4. The minimum absolute atomic E-state index is 0.645. The highest BCUT2D eigenvalue weighted by Gasteiger charge is 2.24. The van der Waals surface area contributed by atoms with E-state index in [2.05, 4.69) is 136 Å². The molecule has 5 nitrogen and oxygen atoms in total. The Labute approximate surface area is 278 Å². The van der Waals surface area contributed by atoms with Crippen LogP contribution in [0.1, 0.15) is 0 Å². The van der Waals surface area contributed by atoms with Crippen LogP contribution in [0.15, 0.2) is 150 Å². The Kier molecular flexibility index (Phi) is 4.66. The van der Waals surface area contributed by atoms with Gasteiger partial charge in [0.05, 0.1) is 38.8 Å². The van der Waals surface area contributed by atoms with Crippen LogP contribution in [-0.4, -0.2) is 18.9 Å². The zero-order valence-electron chi connectivity index (χ0n) is 26.1. The molecule has 0 aliphatic carbocycles. The third-order valence-corrected chi connectivity index (χ3v) is 10.5. The molecular formula is C44H24N4O. The molecule has 0 amide bonds. The smallest absolute Gasteiger partial charge is 0.235 e. The number of para-hydroxylation sites is 4. The van der Waals surface area contributed by atoms with Crippen LogP contribution in [0.5, 0.6) is 0 Å². The maximum Gasteiger partial charge on any atom is 0.235 e. The molecule has 0 N–H and O–H groups in total. The summed E-state index contributed by atoms with van der Waals surface area (Å²) in [6.45, 7) is 0. The molecule has 5 heteroatoms. The molecule has 226 valence electrons. The lowest BCUT2D eigenvalue weighted by Gasteiger charge is -2.12. The summed E-state index contributed by atoms with van der Waals surface area (Å²) in [4.78, 5) is 10.7. The highest BCUT2D eigenvalue weighted by molar-refractivity contribution is 6.33. The predicted molar refractivity (Wildman–Crippen MR) is 201 cm³/mol. The average Bonchev–Trinajstić information content (AvgIpc) is 3.78. The van der Waals surface area contributed by atoms with Gasteiger partial charge in [-0.2, -0.15) is 0 Å². The van der Waals surface area contributed by atoms with Gasteiger partial charge in [-0.15, -0.1) is 0 Å². The number of benzene rings is 7. The van der Waals surface area contributed by atoms with E-state index in [0.717, 1.165) is 55.1 Å². The first-order chi connectivity index (χ1) is 24.3. The largest absolute Gasteiger partial charge is 0.456 e. The molecule has 12 aromatic rings.